The summed E-state index contributed by atoms with van der Waals surface area (Å²) in [4.78, 5) is 17.0. The molecule has 1 aliphatic heterocycles. The molecule has 0 unspecified atom stereocenters. The standard InChI is InChI=1S/C17H11Cl3N2O3/c18-10-5-11-15(12(19)6-10)21-8-22(17(11)23)7-9-3-13(20)16-14(4-9)24-1-2-25-16/h3-6,8H,1-2,7H2. The van der Waals surface area contributed by atoms with Crippen molar-refractivity contribution in [2.24, 2.45) is 0 Å². The average molecular weight is 398 g/mol. The van der Waals surface area contributed by atoms with Crippen LogP contribution in [0.2, 0.25) is 15.1 Å². The molecule has 25 heavy (non-hydrogen) atoms. The summed E-state index contributed by atoms with van der Waals surface area (Å²) in [5, 5.41) is 1.54. The van der Waals surface area contributed by atoms with Crippen molar-refractivity contribution < 1.29 is 9.47 Å². The highest BCUT2D eigenvalue weighted by Crippen LogP contribution is 2.38. The van der Waals surface area contributed by atoms with Crippen LogP contribution >= 0.6 is 34.8 Å². The summed E-state index contributed by atoms with van der Waals surface area (Å²) in [6, 6.07) is 6.67. The van der Waals surface area contributed by atoms with Gasteiger partial charge in [-0.2, -0.15) is 0 Å². The predicted octanol–water partition coefficient (Wildman–Crippen LogP) is 4.18. The smallest absolute Gasteiger partial charge is 0.261 e. The monoisotopic (exact) mass is 396 g/mol. The summed E-state index contributed by atoms with van der Waals surface area (Å²) in [6.45, 7) is 1.20. The molecular formula is C17H11Cl3N2O3. The van der Waals surface area contributed by atoms with E-state index in [9.17, 15) is 4.79 Å². The van der Waals surface area contributed by atoms with Crippen molar-refractivity contribution in [3.8, 4) is 11.5 Å². The molecule has 2 aromatic carbocycles. The molecule has 0 saturated carbocycles. The summed E-state index contributed by atoms with van der Waals surface area (Å²) in [5.41, 5.74) is 0.985. The summed E-state index contributed by atoms with van der Waals surface area (Å²) in [7, 11) is 0. The van der Waals surface area contributed by atoms with Gasteiger partial charge in [0.15, 0.2) is 11.5 Å². The van der Waals surface area contributed by atoms with Crippen LogP contribution < -0.4 is 15.0 Å². The van der Waals surface area contributed by atoms with Gasteiger partial charge in [-0.25, -0.2) is 4.98 Å². The normalized spacial score (nSPS) is 13.2. The summed E-state index contributed by atoms with van der Waals surface area (Å²) < 4.78 is 12.5. The van der Waals surface area contributed by atoms with E-state index in [2.05, 4.69) is 4.98 Å². The molecule has 0 aliphatic carbocycles. The van der Waals surface area contributed by atoms with Crippen LogP contribution in [0.25, 0.3) is 10.9 Å². The first-order valence-corrected chi connectivity index (χ1v) is 8.58. The lowest BCUT2D eigenvalue weighted by Crippen LogP contribution is -2.21. The molecule has 5 nitrogen and oxygen atoms in total. The van der Waals surface area contributed by atoms with Crippen LogP contribution in [-0.2, 0) is 6.54 Å². The van der Waals surface area contributed by atoms with E-state index in [1.54, 1.807) is 18.2 Å². The largest absolute Gasteiger partial charge is 0.486 e. The lowest BCUT2D eigenvalue weighted by atomic mass is 10.2. The molecule has 0 amide bonds. The highest BCUT2D eigenvalue weighted by atomic mass is 35.5. The average Bonchev–Trinajstić information content (AvgIpc) is 2.58. The van der Waals surface area contributed by atoms with Gasteiger partial charge in [0.25, 0.3) is 5.56 Å². The Labute approximate surface area is 157 Å². The summed E-state index contributed by atoms with van der Waals surface area (Å²) in [6.07, 6.45) is 1.45. The fourth-order valence-electron chi connectivity index (χ4n) is 2.76. The number of hydrogen-bond acceptors (Lipinski definition) is 4. The first kappa shape index (κ1) is 16.5. The lowest BCUT2D eigenvalue weighted by molar-refractivity contribution is 0.171. The van der Waals surface area contributed by atoms with E-state index >= 15 is 0 Å². The maximum atomic E-state index is 12.7. The number of aromatic nitrogens is 2. The molecule has 0 radical (unpaired) electrons. The predicted molar refractivity (Wildman–Crippen MR) is 97.6 cm³/mol. The highest BCUT2D eigenvalue weighted by Gasteiger charge is 2.17. The summed E-state index contributed by atoms with van der Waals surface area (Å²) >= 11 is 18.4. The van der Waals surface area contributed by atoms with E-state index < -0.39 is 0 Å². The van der Waals surface area contributed by atoms with Crippen LogP contribution in [0, 0.1) is 0 Å². The molecule has 4 rings (SSSR count). The van der Waals surface area contributed by atoms with Gasteiger partial charge in [0.2, 0.25) is 0 Å². The van der Waals surface area contributed by atoms with Gasteiger partial charge in [0, 0.05) is 5.02 Å². The third-order valence-corrected chi connectivity index (χ3v) is 4.64. The molecule has 2 heterocycles. The molecule has 3 aromatic rings. The van der Waals surface area contributed by atoms with Crippen LogP contribution in [0.1, 0.15) is 5.56 Å². The third kappa shape index (κ3) is 3.03. The van der Waals surface area contributed by atoms with Gasteiger partial charge in [-0.3, -0.25) is 9.36 Å². The maximum absolute atomic E-state index is 12.7. The van der Waals surface area contributed by atoms with Crippen molar-refractivity contribution in [1.29, 1.82) is 0 Å². The van der Waals surface area contributed by atoms with Crippen molar-refractivity contribution in [1.82, 2.24) is 9.55 Å². The van der Waals surface area contributed by atoms with Gasteiger partial charge in [0.1, 0.15) is 13.2 Å². The van der Waals surface area contributed by atoms with Crippen molar-refractivity contribution in [2.45, 2.75) is 6.54 Å². The van der Waals surface area contributed by atoms with Gasteiger partial charge >= 0.3 is 0 Å². The molecule has 8 heteroatoms. The van der Waals surface area contributed by atoms with Gasteiger partial charge in [-0.15, -0.1) is 0 Å². The minimum atomic E-state index is -0.236. The molecular weight excluding hydrogens is 387 g/mol. The second-order valence-electron chi connectivity index (χ2n) is 5.56. The highest BCUT2D eigenvalue weighted by molar-refractivity contribution is 6.38. The molecule has 1 aliphatic rings. The van der Waals surface area contributed by atoms with Crippen LogP contribution in [0.15, 0.2) is 35.4 Å². The van der Waals surface area contributed by atoms with E-state index in [-0.39, 0.29) is 12.1 Å². The van der Waals surface area contributed by atoms with Gasteiger partial charge in [-0.1, -0.05) is 34.8 Å². The van der Waals surface area contributed by atoms with Crippen LogP contribution in [-0.4, -0.2) is 22.8 Å². The Kier molecular flexibility index (Phi) is 4.23. The number of halogens is 3. The Hall–Kier alpha value is -1.95. The molecule has 0 spiro atoms. The molecule has 128 valence electrons. The van der Waals surface area contributed by atoms with E-state index in [1.807, 2.05) is 6.07 Å². The topological polar surface area (TPSA) is 53.4 Å². The van der Waals surface area contributed by atoms with Crippen molar-refractivity contribution in [3.05, 3.63) is 61.6 Å². The molecule has 1 aromatic heterocycles. The molecule has 0 bridgehead atoms. The maximum Gasteiger partial charge on any atom is 0.261 e. The lowest BCUT2D eigenvalue weighted by Gasteiger charge is -2.20. The van der Waals surface area contributed by atoms with Crippen molar-refractivity contribution in [3.63, 3.8) is 0 Å². The molecule has 0 saturated heterocycles. The number of nitrogens with zero attached hydrogens (tertiary/aromatic N) is 2. The minimum absolute atomic E-state index is 0.236. The Morgan fingerprint density at radius 3 is 2.68 bits per heavy atom. The van der Waals surface area contributed by atoms with E-state index in [0.29, 0.717) is 50.7 Å². The van der Waals surface area contributed by atoms with E-state index in [0.717, 1.165) is 5.56 Å². The zero-order valence-corrected chi connectivity index (χ0v) is 15.0. The quantitative estimate of drug-likeness (QED) is 0.651. The van der Waals surface area contributed by atoms with Gasteiger partial charge in [-0.05, 0) is 29.8 Å². The van der Waals surface area contributed by atoms with Crippen LogP contribution in [0.3, 0.4) is 0 Å². The third-order valence-electron chi connectivity index (χ3n) is 3.86. The van der Waals surface area contributed by atoms with Crippen LogP contribution in [0.4, 0.5) is 0 Å². The Morgan fingerprint density at radius 2 is 1.84 bits per heavy atom. The number of ether oxygens (including phenoxy) is 2. The van der Waals surface area contributed by atoms with Crippen LogP contribution in [0.5, 0.6) is 11.5 Å². The Bertz CT molecular complexity index is 1050. The molecule has 0 fully saturated rings. The number of hydrogen-bond donors (Lipinski definition) is 0. The SMILES string of the molecule is O=c1c2cc(Cl)cc(Cl)c2ncn1Cc1cc(Cl)c2c(c1)OCCO2. The van der Waals surface area contributed by atoms with Gasteiger partial charge < -0.3 is 9.47 Å². The van der Waals surface area contributed by atoms with Crippen molar-refractivity contribution in [2.75, 3.05) is 13.2 Å². The Balaban J connectivity index is 1.78. The summed E-state index contributed by atoms with van der Waals surface area (Å²) in [5.74, 6) is 1.10. The zero-order chi connectivity index (χ0) is 17.6. The minimum Gasteiger partial charge on any atom is -0.486 e. The van der Waals surface area contributed by atoms with E-state index in [4.69, 9.17) is 44.3 Å². The second kappa shape index (κ2) is 6.41. The first-order chi connectivity index (χ1) is 12.0. The Morgan fingerprint density at radius 1 is 1.04 bits per heavy atom. The van der Waals surface area contributed by atoms with Crippen molar-refractivity contribution >= 4 is 45.7 Å². The molecule has 0 atom stereocenters. The van der Waals surface area contributed by atoms with Gasteiger partial charge in [0.05, 0.1) is 33.8 Å². The van der Waals surface area contributed by atoms with E-state index in [1.165, 1.54) is 10.9 Å². The second-order valence-corrected chi connectivity index (χ2v) is 6.81. The first-order valence-electron chi connectivity index (χ1n) is 7.45. The number of rotatable bonds is 2. The fraction of sp³-hybridized carbons (Fsp3) is 0.176. The number of benzene rings is 2. The fourth-order valence-corrected chi connectivity index (χ4v) is 3.59. The molecule has 0 N–H and O–H groups in total. The number of fused-ring (bicyclic) bond motifs is 2. The zero-order valence-electron chi connectivity index (χ0n) is 12.8.